The molecular weight excluding hydrogens is 1070 g/mol. The summed E-state index contributed by atoms with van der Waals surface area (Å²) in [5, 5.41) is 10.5. The van der Waals surface area contributed by atoms with Crippen LogP contribution in [-0.4, -0.2) is 96.7 Å². The summed E-state index contributed by atoms with van der Waals surface area (Å²) in [5.74, 6) is -1.41. The van der Waals surface area contributed by atoms with E-state index in [9.17, 15) is 43.2 Å². The maximum Gasteiger partial charge on any atom is 0.472 e. The summed E-state index contributed by atoms with van der Waals surface area (Å²) in [5.41, 5.74) is 0. The third-order valence-corrected chi connectivity index (χ3v) is 15.9. The molecule has 0 saturated heterocycles. The molecule has 0 spiro atoms. The highest BCUT2D eigenvalue weighted by molar-refractivity contribution is 7.47. The van der Waals surface area contributed by atoms with E-state index < -0.39 is 97.5 Å². The van der Waals surface area contributed by atoms with Gasteiger partial charge in [0.2, 0.25) is 0 Å². The predicted octanol–water partition coefficient (Wildman–Crippen LogP) is 16.6. The second-order valence-electron chi connectivity index (χ2n) is 22.6. The van der Waals surface area contributed by atoms with Gasteiger partial charge in [-0.3, -0.25) is 37.3 Å². The van der Waals surface area contributed by atoms with Crippen LogP contribution in [0.2, 0.25) is 0 Å². The molecule has 0 aromatic carbocycles. The molecule has 474 valence electrons. The van der Waals surface area contributed by atoms with Crippen LogP contribution in [0.4, 0.5) is 0 Å². The summed E-state index contributed by atoms with van der Waals surface area (Å²) in [6.45, 7) is 7.06. The summed E-state index contributed by atoms with van der Waals surface area (Å²) in [4.78, 5) is 71.8. The van der Waals surface area contributed by atoms with E-state index in [0.29, 0.717) is 25.7 Å². The summed E-state index contributed by atoms with van der Waals surface area (Å²) >= 11 is 0. The minimum Gasteiger partial charge on any atom is -0.462 e. The first-order valence-corrected chi connectivity index (χ1v) is 35.1. The number of carbonyl (C=O) groups is 4. The number of hydrogen-bond donors (Lipinski definition) is 3. The largest absolute Gasteiger partial charge is 0.472 e. The molecule has 0 bridgehead atoms. The molecule has 0 aromatic heterocycles. The summed E-state index contributed by atoms with van der Waals surface area (Å²) in [6.07, 6.45) is 37.8. The van der Waals surface area contributed by atoms with E-state index in [0.717, 1.165) is 102 Å². The van der Waals surface area contributed by atoms with Crippen LogP contribution in [0.5, 0.6) is 0 Å². The molecule has 0 rings (SSSR count). The quantitative estimate of drug-likeness (QED) is 0.0222. The van der Waals surface area contributed by atoms with Gasteiger partial charge in [0.25, 0.3) is 0 Å². The molecule has 3 N–H and O–H groups in total. The Bertz CT molecular complexity index is 1570. The average molecular weight is 1190 g/mol. The maximum absolute atomic E-state index is 12.9. The monoisotopic (exact) mass is 1180 g/mol. The van der Waals surface area contributed by atoms with Gasteiger partial charge in [-0.15, -0.1) is 0 Å². The lowest BCUT2D eigenvalue weighted by Crippen LogP contribution is -2.30. The van der Waals surface area contributed by atoms with Crippen LogP contribution in [0.15, 0.2) is 0 Å². The summed E-state index contributed by atoms with van der Waals surface area (Å²) in [7, 11) is -9.87. The SMILES string of the molecule is CCCCCCCCCCCCCCC(=O)OC[C@H](COP(=O)(O)OC[C@@H](O)COP(=O)(O)OC[C@@H](COC(=O)CCCCCCC)OC(=O)CCCCCCCCCCCCC)OC(=O)CCCCCCCCCCCC(C)C. The second-order valence-corrected chi connectivity index (χ2v) is 25.5. The number of aliphatic hydroxyl groups is 1. The van der Waals surface area contributed by atoms with Crippen LogP contribution in [0.3, 0.4) is 0 Å². The minimum atomic E-state index is -4.94. The van der Waals surface area contributed by atoms with Crippen molar-refractivity contribution < 1.29 is 80.2 Å². The van der Waals surface area contributed by atoms with Gasteiger partial charge >= 0.3 is 39.5 Å². The Labute approximate surface area is 486 Å². The van der Waals surface area contributed by atoms with Gasteiger partial charge < -0.3 is 33.8 Å². The van der Waals surface area contributed by atoms with Crippen molar-refractivity contribution in [1.29, 1.82) is 0 Å². The maximum atomic E-state index is 12.9. The Morgan fingerprint density at radius 1 is 0.338 bits per heavy atom. The first-order chi connectivity index (χ1) is 38.5. The van der Waals surface area contributed by atoms with Gasteiger partial charge in [-0.25, -0.2) is 9.13 Å². The van der Waals surface area contributed by atoms with Gasteiger partial charge in [0.1, 0.15) is 19.3 Å². The Hall–Kier alpha value is -1.94. The molecule has 17 nitrogen and oxygen atoms in total. The molecule has 0 fully saturated rings. The van der Waals surface area contributed by atoms with Crippen molar-refractivity contribution >= 4 is 39.5 Å². The van der Waals surface area contributed by atoms with Crippen LogP contribution in [0.25, 0.3) is 0 Å². The highest BCUT2D eigenvalue weighted by Gasteiger charge is 2.30. The summed E-state index contributed by atoms with van der Waals surface area (Å²) < 4.78 is 67.7. The third kappa shape index (κ3) is 55.3. The van der Waals surface area contributed by atoms with Gasteiger partial charge in [0.15, 0.2) is 12.2 Å². The van der Waals surface area contributed by atoms with E-state index in [1.54, 1.807) is 0 Å². The first-order valence-electron chi connectivity index (χ1n) is 32.1. The number of unbranched alkanes of at least 4 members (excludes halogenated alkanes) is 33. The molecule has 0 aliphatic heterocycles. The molecular formula is C61H118O17P2. The molecule has 2 unspecified atom stereocenters. The smallest absolute Gasteiger partial charge is 0.462 e. The molecule has 0 aliphatic rings. The Morgan fingerprint density at radius 3 is 0.850 bits per heavy atom. The fourth-order valence-electron chi connectivity index (χ4n) is 9.05. The van der Waals surface area contributed by atoms with E-state index in [4.69, 9.17) is 37.0 Å². The minimum absolute atomic E-state index is 0.106. The van der Waals surface area contributed by atoms with Gasteiger partial charge in [-0.05, 0) is 31.6 Å². The number of phosphoric acid groups is 2. The van der Waals surface area contributed by atoms with Crippen molar-refractivity contribution in [3.63, 3.8) is 0 Å². The number of aliphatic hydroxyl groups excluding tert-OH is 1. The number of carbonyl (C=O) groups excluding carboxylic acids is 4. The second kappa shape index (κ2) is 55.0. The number of rotatable bonds is 61. The number of phosphoric ester groups is 2. The zero-order valence-corrected chi connectivity index (χ0v) is 53.0. The fourth-order valence-corrected chi connectivity index (χ4v) is 10.6. The van der Waals surface area contributed by atoms with Crippen molar-refractivity contribution in [3.05, 3.63) is 0 Å². The highest BCUT2D eigenvalue weighted by atomic mass is 31.2. The normalized spacial score (nSPS) is 14.3. The molecule has 19 heteroatoms. The van der Waals surface area contributed by atoms with E-state index in [1.807, 2.05) is 0 Å². The lowest BCUT2D eigenvalue weighted by molar-refractivity contribution is -0.161. The van der Waals surface area contributed by atoms with Crippen LogP contribution in [0, 0.1) is 5.92 Å². The van der Waals surface area contributed by atoms with Gasteiger partial charge in [0.05, 0.1) is 26.4 Å². The average Bonchev–Trinajstić information content (AvgIpc) is 3.42. The van der Waals surface area contributed by atoms with E-state index >= 15 is 0 Å². The van der Waals surface area contributed by atoms with E-state index in [-0.39, 0.29) is 25.7 Å². The van der Waals surface area contributed by atoms with Crippen LogP contribution >= 0.6 is 15.6 Å². The van der Waals surface area contributed by atoms with Crippen molar-refractivity contribution in [2.24, 2.45) is 5.92 Å². The third-order valence-electron chi connectivity index (χ3n) is 14.0. The molecule has 80 heavy (non-hydrogen) atoms. The van der Waals surface area contributed by atoms with Gasteiger partial charge in [-0.2, -0.15) is 0 Å². The molecule has 0 heterocycles. The molecule has 0 radical (unpaired) electrons. The standard InChI is InChI=1S/C61H118O17P2/c1-6-9-12-15-17-19-21-23-26-30-35-40-45-59(64)72-51-57(78-61(66)47-42-37-32-28-24-25-29-34-38-43-54(4)5)53-76-80(69,70)74-49-55(62)48-73-79(67,68)75-52-56(50-71-58(63)44-39-33-14-11-8-3)77-60(65)46-41-36-31-27-22-20-18-16-13-10-7-2/h54-57,62H,6-53H2,1-5H3,(H,67,68)(H,69,70)/t55-,56+,57+/m0/s1. The Kier molecular flexibility index (Phi) is 53.6. The van der Waals surface area contributed by atoms with Crippen LogP contribution in [-0.2, 0) is 65.4 Å². The topological polar surface area (TPSA) is 237 Å². The van der Waals surface area contributed by atoms with Crippen molar-refractivity contribution in [2.75, 3.05) is 39.6 Å². The molecule has 0 amide bonds. The zero-order chi connectivity index (χ0) is 59.2. The van der Waals surface area contributed by atoms with Crippen molar-refractivity contribution in [1.82, 2.24) is 0 Å². The van der Waals surface area contributed by atoms with Crippen molar-refractivity contribution in [3.8, 4) is 0 Å². The van der Waals surface area contributed by atoms with Gasteiger partial charge in [0, 0.05) is 25.7 Å². The predicted molar refractivity (Wildman–Crippen MR) is 317 cm³/mol. The molecule has 5 atom stereocenters. The number of ether oxygens (including phenoxy) is 4. The Morgan fingerprint density at radius 2 is 0.575 bits per heavy atom. The highest BCUT2D eigenvalue weighted by Crippen LogP contribution is 2.45. The fraction of sp³-hybridized carbons (Fsp3) is 0.934. The van der Waals surface area contributed by atoms with Gasteiger partial charge in [-0.1, -0.05) is 253 Å². The lowest BCUT2D eigenvalue weighted by atomic mass is 10.0. The van der Waals surface area contributed by atoms with Crippen LogP contribution in [0.1, 0.15) is 304 Å². The lowest BCUT2D eigenvalue weighted by Gasteiger charge is -2.21. The Balaban J connectivity index is 5.18. The summed E-state index contributed by atoms with van der Waals surface area (Å²) in [6, 6.07) is 0. The van der Waals surface area contributed by atoms with E-state index in [2.05, 4.69) is 34.6 Å². The van der Waals surface area contributed by atoms with E-state index in [1.165, 1.54) is 122 Å². The molecule has 0 aliphatic carbocycles. The zero-order valence-electron chi connectivity index (χ0n) is 51.2. The number of hydrogen-bond acceptors (Lipinski definition) is 15. The molecule has 0 aromatic rings. The van der Waals surface area contributed by atoms with Crippen LogP contribution < -0.4 is 0 Å². The number of esters is 4. The first kappa shape index (κ1) is 78.1. The van der Waals surface area contributed by atoms with Crippen molar-refractivity contribution in [2.45, 2.75) is 323 Å². The molecule has 0 saturated carbocycles.